The number of hydrogen-bond donors (Lipinski definition) is 1. The Morgan fingerprint density at radius 1 is 1.26 bits per heavy atom. The first kappa shape index (κ1) is 22.9. The molecule has 12 nitrogen and oxygen atoms in total. The summed E-state index contributed by atoms with van der Waals surface area (Å²) in [6, 6.07) is 9.23. The standard InChI is InChI=1S/C21H16N4O8S/c1-2-32-20(29)11-3-5-12(6-4-11)24-17(27)10-16(19(24)28)34-21-23-22-18(33-21)14-9-13(25(30)31)7-8-15(14)26/h3-9,16,26H,2,10H2,1H3. The number of non-ortho nitro benzene ring substituents is 1. The number of phenols is 1. The van der Waals surface area contributed by atoms with Crippen molar-refractivity contribution in [1.82, 2.24) is 10.2 Å². The summed E-state index contributed by atoms with van der Waals surface area (Å²) in [5, 5.41) is 27.7. The number of rotatable bonds is 7. The summed E-state index contributed by atoms with van der Waals surface area (Å²) in [5.74, 6) is -1.93. The molecule has 1 aliphatic heterocycles. The molecule has 174 valence electrons. The van der Waals surface area contributed by atoms with Crippen molar-refractivity contribution in [2.45, 2.75) is 23.8 Å². The van der Waals surface area contributed by atoms with Gasteiger partial charge in [0.1, 0.15) is 11.0 Å². The number of aromatic nitrogens is 2. The van der Waals surface area contributed by atoms with Gasteiger partial charge in [0.2, 0.25) is 11.8 Å². The van der Waals surface area contributed by atoms with E-state index in [9.17, 15) is 29.6 Å². The lowest BCUT2D eigenvalue weighted by molar-refractivity contribution is -0.384. The molecule has 0 saturated carbocycles. The van der Waals surface area contributed by atoms with Crippen LogP contribution in [0.3, 0.4) is 0 Å². The van der Waals surface area contributed by atoms with Crippen molar-refractivity contribution < 1.29 is 33.6 Å². The van der Waals surface area contributed by atoms with Gasteiger partial charge in [0.15, 0.2) is 0 Å². The molecule has 0 bridgehead atoms. The highest BCUT2D eigenvalue weighted by molar-refractivity contribution is 8.00. The number of anilines is 1. The van der Waals surface area contributed by atoms with Gasteiger partial charge in [0.05, 0.1) is 28.3 Å². The van der Waals surface area contributed by atoms with Crippen molar-refractivity contribution in [3.63, 3.8) is 0 Å². The number of esters is 1. The number of hydrogen-bond acceptors (Lipinski definition) is 11. The Morgan fingerprint density at radius 3 is 2.68 bits per heavy atom. The van der Waals surface area contributed by atoms with Crippen LogP contribution >= 0.6 is 11.8 Å². The lowest BCUT2D eigenvalue weighted by Gasteiger charge is -2.14. The van der Waals surface area contributed by atoms with Gasteiger partial charge < -0.3 is 14.3 Å². The van der Waals surface area contributed by atoms with Crippen LogP contribution in [0.2, 0.25) is 0 Å². The molecule has 1 atom stereocenters. The molecule has 1 aromatic heterocycles. The third-order valence-corrected chi connectivity index (χ3v) is 5.83. The van der Waals surface area contributed by atoms with Gasteiger partial charge in [-0.3, -0.25) is 19.7 Å². The summed E-state index contributed by atoms with van der Waals surface area (Å²) >= 11 is 0.866. The highest BCUT2D eigenvalue weighted by atomic mass is 32.2. The van der Waals surface area contributed by atoms with Gasteiger partial charge in [0.25, 0.3) is 16.8 Å². The van der Waals surface area contributed by atoms with Crippen LogP contribution in [0.4, 0.5) is 11.4 Å². The van der Waals surface area contributed by atoms with Crippen molar-refractivity contribution in [2.24, 2.45) is 0 Å². The summed E-state index contributed by atoms with van der Waals surface area (Å²) in [7, 11) is 0. The summed E-state index contributed by atoms with van der Waals surface area (Å²) < 4.78 is 10.4. The smallest absolute Gasteiger partial charge is 0.338 e. The zero-order chi connectivity index (χ0) is 24.4. The molecule has 1 fully saturated rings. The Kier molecular flexibility index (Phi) is 6.27. The maximum atomic E-state index is 12.9. The van der Waals surface area contributed by atoms with E-state index in [4.69, 9.17) is 9.15 Å². The van der Waals surface area contributed by atoms with Crippen LogP contribution in [0.15, 0.2) is 52.1 Å². The van der Waals surface area contributed by atoms with Gasteiger partial charge in [-0.15, -0.1) is 10.2 Å². The van der Waals surface area contributed by atoms with Gasteiger partial charge in [-0.25, -0.2) is 9.69 Å². The van der Waals surface area contributed by atoms with Crippen LogP contribution < -0.4 is 4.90 Å². The second kappa shape index (κ2) is 9.31. The Bertz CT molecular complexity index is 1290. The molecule has 1 aliphatic rings. The number of imide groups is 1. The van der Waals surface area contributed by atoms with Gasteiger partial charge >= 0.3 is 5.97 Å². The number of ether oxygens (including phenoxy) is 1. The Hall–Kier alpha value is -4.26. The number of nitrogens with zero attached hydrogens (tertiary/aromatic N) is 4. The number of amides is 2. The number of carbonyl (C=O) groups is 3. The SMILES string of the molecule is CCOC(=O)c1ccc(N2C(=O)CC(Sc3nnc(-c4cc([N+](=O)[O-])ccc4O)o3)C2=O)cc1. The highest BCUT2D eigenvalue weighted by Crippen LogP contribution is 2.37. The van der Waals surface area contributed by atoms with Crippen molar-refractivity contribution >= 4 is 40.9 Å². The summed E-state index contributed by atoms with van der Waals surface area (Å²) in [6.45, 7) is 1.91. The fourth-order valence-corrected chi connectivity index (χ4v) is 4.12. The first-order valence-corrected chi connectivity index (χ1v) is 10.8. The second-order valence-corrected chi connectivity index (χ2v) is 8.13. The summed E-state index contributed by atoms with van der Waals surface area (Å²) in [5.41, 5.74) is 0.282. The topological polar surface area (TPSA) is 166 Å². The van der Waals surface area contributed by atoms with Crippen molar-refractivity contribution in [3.8, 4) is 17.2 Å². The molecular weight excluding hydrogens is 468 g/mol. The molecule has 0 spiro atoms. The van der Waals surface area contributed by atoms with Crippen molar-refractivity contribution in [3.05, 3.63) is 58.1 Å². The Balaban J connectivity index is 1.49. The maximum absolute atomic E-state index is 12.9. The van der Waals surface area contributed by atoms with Gasteiger partial charge in [0, 0.05) is 18.6 Å². The van der Waals surface area contributed by atoms with E-state index in [2.05, 4.69) is 10.2 Å². The lowest BCUT2D eigenvalue weighted by atomic mass is 10.2. The minimum absolute atomic E-state index is 0.0364. The van der Waals surface area contributed by atoms with Crippen LogP contribution in [0.25, 0.3) is 11.5 Å². The third-order valence-electron chi connectivity index (χ3n) is 4.81. The van der Waals surface area contributed by atoms with Crippen LogP contribution in [-0.2, 0) is 14.3 Å². The van der Waals surface area contributed by atoms with Gasteiger partial charge in [-0.2, -0.15) is 0 Å². The van der Waals surface area contributed by atoms with E-state index in [-0.39, 0.29) is 41.1 Å². The largest absolute Gasteiger partial charge is 0.507 e. The first-order chi connectivity index (χ1) is 16.3. The zero-order valence-electron chi connectivity index (χ0n) is 17.5. The second-order valence-electron chi connectivity index (χ2n) is 6.98. The minimum Gasteiger partial charge on any atom is -0.507 e. The number of aromatic hydroxyl groups is 1. The molecular formula is C21H16N4O8S. The number of nitro benzene ring substituents is 1. The fraction of sp³-hybridized carbons (Fsp3) is 0.190. The Labute approximate surface area is 195 Å². The fourth-order valence-electron chi connectivity index (χ4n) is 3.23. The molecule has 0 radical (unpaired) electrons. The lowest BCUT2D eigenvalue weighted by Crippen LogP contribution is -2.31. The minimum atomic E-state index is -0.843. The molecule has 3 aromatic rings. The van der Waals surface area contributed by atoms with Crippen molar-refractivity contribution in [2.75, 3.05) is 11.5 Å². The molecule has 2 amide bonds. The van der Waals surface area contributed by atoms with Crippen LogP contribution in [0.5, 0.6) is 5.75 Å². The highest BCUT2D eigenvalue weighted by Gasteiger charge is 2.41. The van der Waals surface area contributed by atoms with E-state index in [0.717, 1.165) is 34.9 Å². The van der Waals surface area contributed by atoms with E-state index < -0.39 is 28.0 Å². The van der Waals surface area contributed by atoms with E-state index in [1.807, 2.05) is 0 Å². The Morgan fingerprint density at radius 2 is 2.00 bits per heavy atom. The average molecular weight is 484 g/mol. The molecule has 1 N–H and O–H groups in total. The molecule has 2 aromatic carbocycles. The predicted octanol–water partition coefficient (Wildman–Crippen LogP) is 2.95. The van der Waals surface area contributed by atoms with E-state index in [0.29, 0.717) is 11.3 Å². The average Bonchev–Trinajstić information content (AvgIpc) is 3.38. The number of nitro groups is 1. The monoisotopic (exact) mass is 484 g/mol. The molecule has 1 saturated heterocycles. The number of phenolic OH excluding ortho intramolecular Hbond substituents is 1. The molecule has 13 heteroatoms. The van der Waals surface area contributed by atoms with Gasteiger partial charge in [-0.1, -0.05) is 11.8 Å². The van der Waals surface area contributed by atoms with Crippen LogP contribution in [0.1, 0.15) is 23.7 Å². The summed E-state index contributed by atoms with van der Waals surface area (Å²) in [4.78, 5) is 48.6. The molecule has 4 rings (SSSR count). The van der Waals surface area contributed by atoms with E-state index in [1.54, 1.807) is 6.92 Å². The molecule has 1 unspecified atom stereocenters. The zero-order valence-corrected chi connectivity index (χ0v) is 18.4. The molecule has 2 heterocycles. The molecule has 0 aliphatic carbocycles. The number of thioether (sulfide) groups is 1. The van der Waals surface area contributed by atoms with Crippen LogP contribution in [0, 0.1) is 10.1 Å². The normalized spacial score (nSPS) is 15.6. The third kappa shape index (κ3) is 4.45. The van der Waals surface area contributed by atoms with Crippen LogP contribution in [-0.4, -0.2) is 49.9 Å². The molecule has 34 heavy (non-hydrogen) atoms. The maximum Gasteiger partial charge on any atom is 0.338 e. The predicted molar refractivity (Wildman–Crippen MR) is 117 cm³/mol. The quantitative estimate of drug-likeness (QED) is 0.227. The van der Waals surface area contributed by atoms with Crippen molar-refractivity contribution in [1.29, 1.82) is 0 Å². The number of carbonyl (C=O) groups excluding carboxylic acids is 3. The first-order valence-electron chi connectivity index (χ1n) is 9.90. The van der Waals surface area contributed by atoms with E-state index >= 15 is 0 Å². The summed E-state index contributed by atoms with van der Waals surface area (Å²) in [6.07, 6.45) is -0.122. The van der Waals surface area contributed by atoms with E-state index in [1.165, 1.54) is 24.3 Å². The van der Waals surface area contributed by atoms with Gasteiger partial charge in [-0.05, 0) is 37.3 Å². The number of benzene rings is 2.